The molecule has 0 aliphatic heterocycles. The summed E-state index contributed by atoms with van der Waals surface area (Å²) in [5.74, 6) is 1.08. The predicted molar refractivity (Wildman–Crippen MR) is 45.4 cm³/mol. The first-order valence-corrected chi connectivity index (χ1v) is 11.5. The first-order chi connectivity index (χ1) is 3.77. The maximum atomic E-state index is 4.14. The van der Waals surface area contributed by atoms with Gasteiger partial charge in [-0.15, -0.1) is 0 Å². The van der Waals surface area contributed by atoms with Crippen LogP contribution >= 0.6 is 12.6 Å². The molecule has 0 rings (SSSR count). The Bertz CT molecular complexity index is 45.8. The topological polar surface area (TPSA) is 0 Å². The standard InChI is InChI=1S/C4H9S.2CH3.Sn/c1-2-3-4-5;;;/h5H,1-4H2;2*1H3;. The van der Waals surface area contributed by atoms with Gasteiger partial charge < -0.3 is 0 Å². The molecule has 8 heavy (non-hydrogen) atoms. The third-order valence-corrected chi connectivity index (χ3v) is 5.26. The van der Waals surface area contributed by atoms with Gasteiger partial charge in [0.05, 0.1) is 0 Å². The van der Waals surface area contributed by atoms with Crippen LogP contribution in [0, 0.1) is 0 Å². The molecule has 1 radical (unpaired) electrons. The fourth-order valence-corrected chi connectivity index (χ4v) is 3.55. The summed E-state index contributed by atoms with van der Waals surface area (Å²) in [5.41, 5.74) is 0. The van der Waals surface area contributed by atoms with Gasteiger partial charge in [-0.25, -0.2) is 0 Å². The molecule has 0 aromatic heterocycles. The van der Waals surface area contributed by atoms with E-state index in [1.807, 2.05) is 0 Å². The van der Waals surface area contributed by atoms with Gasteiger partial charge in [-0.05, 0) is 0 Å². The number of hydrogen-bond acceptors (Lipinski definition) is 1. The molecule has 0 bridgehead atoms. The SMILES string of the molecule is [CH3][Sn]([CH3])[CH2]CCCS. The zero-order valence-electron chi connectivity index (χ0n) is 5.78. The summed E-state index contributed by atoms with van der Waals surface area (Å²) in [4.78, 5) is 4.92. The molecule has 0 fully saturated rings. The third-order valence-electron chi connectivity index (χ3n) is 1.08. The van der Waals surface area contributed by atoms with Crippen LogP contribution in [-0.4, -0.2) is 25.5 Å². The molecule has 0 atom stereocenters. The van der Waals surface area contributed by atoms with E-state index in [1.165, 1.54) is 12.8 Å². The third kappa shape index (κ3) is 7.15. The minimum atomic E-state index is -0.696. The van der Waals surface area contributed by atoms with Crippen molar-refractivity contribution in [3.63, 3.8) is 0 Å². The zero-order valence-corrected chi connectivity index (χ0v) is 9.52. The summed E-state index contributed by atoms with van der Waals surface area (Å²) in [5, 5.41) is 0. The molecule has 0 saturated heterocycles. The molecule has 2 heteroatoms. The van der Waals surface area contributed by atoms with E-state index in [9.17, 15) is 0 Å². The van der Waals surface area contributed by atoms with Crippen LogP contribution in [0.25, 0.3) is 0 Å². The number of unbranched alkanes of at least 4 members (excludes halogenated alkanes) is 1. The number of thiol groups is 1. The molecule has 49 valence electrons. The van der Waals surface area contributed by atoms with E-state index in [1.54, 1.807) is 4.44 Å². The van der Waals surface area contributed by atoms with Crippen molar-refractivity contribution in [2.45, 2.75) is 27.2 Å². The van der Waals surface area contributed by atoms with E-state index in [-0.39, 0.29) is 0 Å². The first kappa shape index (κ1) is 9.15. The van der Waals surface area contributed by atoms with Gasteiger partial charge in [-0.3, -0.25) is 0 Å². The van der Waals surface area contributed by atoms with Gasteiger partial charge in [0.25, 0.3) is 0 Å². The molecule has 0 aromatic rings. The molecular formula is C6H15SSn. The molecule has 0 saturated carbocycles. The van der Waals surface area contributed by atoms with Crippen LogP contribution in [0.2, 0.25) is 14.3 Å². The summed E-state index contributed by atoms with van der Waals surface area (Å²) in [7, 11) is 0. The Labute approximate surface area is 65.2 Å². The van der Waals surface area contributed by atoms with Crippen LogP contribution in [0.3, 0.4) is 0 Å². The Kier molecular flexibility index (Phi) is 7.17. The monoisotopic (exact) mass is 239 g/mol. The molecular weight excluding hydrogens is 223 g/mol. The van der Waals surface area contributed by atoms with Gasteiger partial charge in [0, 0.05) is 0 Å². The first-order valence-electron chi connectivity index (χ1n) is 3.17. The Morgan fingerprint density at radius 3 is 2.25 bits per heavy atom. The molecule has 0 N–H and O–H groups in total. The predicted octanol–water partition coefficient (Wildman–Crippen LogP) is 2.45. The second kappa shape index (κ2) is 6.27. The summed E-state index contributed by atoms with van der Waals surface area (Å²) in [6, 6.07) is 0. The normalized spacial score (nSPS) is 10.5. The molecule has 0 amide bonds. The van der Waals surface area contributed by atoms with Crippen LogP contribution < -0.4 is 0 Å². The molecule has 0 aliphatic rings. The molecule has 0 unspecified atom stereocenters. The van der Waals surface area contributed by atoms with Crippen molar-refractivity contribution in [1.29, 1.82) is 0 Å². The van der Waals surface area contributed by atoms with Crippen LogP contribution in [0.1, 0.15) is 12.8 Å². The Morgan fingerprint density at radius 2 is 1.88 bits per heavy atom. The average Bonchev–Trinajstić information content (AvgIpc) is 1.66. The van der Waals surface area contributed by atoms with Crippen molar-refractivity contribution < 1.29 is 0 Å². The average molecular weight is 238 g/mol. The Hall–Kier alpha value is 1.15. The van der Waals surface area contributed by atoms with Gasteiger partial charge in [0.15, 0.2) is 0 Å². The van der Waals surface area contributed by atoms with Gasteiger partial charge >= 0.3 is 65.3 Å². The van der Waals surface area contributed by atoms with E-state index in [4.69, 9.17) is 0 Å². The number of rotatable bonds is 4. The van der Waals surface area contributed by atoms with Gasteiger partial charge in [-0.2, -0.15) is 0 Å². The van der Waals surface area contributed by atoms with Crippen molar-refractivity contribution in [2.24, 2.45) is 0 Å². The van der Waals surface area contributed by atoms with Crippen molar-refractivity contribution in [3.05, 3.63) is 0 Å². The Balaban J connectivity index is 2.72. The Morgan fingerprint density at radius 1 is 1.25 bits per heavy atom. The van der Waals surface area contributed by atoms with Crippen molar-refractivity contribution >= 4 is 32.4 Å². The summed E-state index contributed by atoms with van der Waals surface area (Å²) >= 11 is 3.45. The fourth-order valence-electron chi connectivity index (χ4n) is 0.590. The maximum absolute atomic E-state index is 4.14. The minimum absolute atomic E-state index is 0.696. The molecule has 0 aliphatic carbocycles. The summed E-state index contributed by atoms with van der Waals surface area (Å²) < 4.78 is 1.56. The fraction of sp³-hybridized carbons (Fsp3) is 1.00. The molecule has 0 nitrogen and oxygen atoms in total. The van der Waals surface area contributed by atoms with E-state index in [2.05, 4.69) is 22.5 Å². The van der Waals surface area contributed by atoms with E-state index in [0.717, 1.165) is 5.75 Å². The van der Waals surface area contributed by atoms with E-state index >= 15 is 0 Å². The van der Waals surface area contributed by atoms with Crippen LogP contribution in [0.4, 0.5) is 0 Å². The van der Waals surface area contributed by atoms with Crippen LogP contribution in [0.15, 0.2) is 0 Å². The van der Waals surface area contributed by atoms with Crippen LogP contribution in [-0.2, 0) is 0 Å². The van der Waals surface area contributed by atoms with Gasteiger partial charge in [-0.1, -0.05) is 0 Å². The molecule has 0 spiro atoms. The molecule has 0 aromatic carbocycles. The van der Waals surface area contributed by atoms with E-state index < -0.39 is 19.8 Å². The zero-order chi connectivity index (χ0) is 6.41. The quantitative estimate of drug-likeness (QED) is 0.434. The number of hydrogen-bond donors (Lipinski definition) is 1. The summed E-state index contributed by atoms with van der Waals surface area (Å²) in [6.45, 7) is 0. The van der Waals surface area contributed by atoms with Crippen molar-refractivity contribution in [2.75, 3.05) is 5.75 Å². The van der Waals surface area contributed by atoms with Crippen molar-refractivity contribution in [1.82, 2.24) is 0 Å². The van der Waals surface area contributed by atoms with E-state index in [0.29, 0.717) is 0 Å². The van der Waals surface area contributed by atoms with Gasteiger partial charge in [0.1, 0.15) is 0 Å². The second-order valence-corrected chi connectivity index (χ2v) is 11.2. The van der Waals surface area contributed by atoms with Crippen molar-refractivity contribution in [3.8, 4) is 0 Å². The van der Waals surface area contributed by atoms with Crippen LogP contribution in [0.5, 0.6) is 0 Å². The summed E-state index contributed by atoms with van der Waals surface area (Å²) in [6.07, 6.45) is 2.76. The second-order valence-electron chi connectivity index (χ2n) is 2.39. The molecule has 0 heterocycles. The van der Waals surface area contributed by atoms with Gasteiger partial charge in [0.2, 0.25) is 0 Å².